The fourth-order valence-corrected chi connectivity index (χ4v) is 2.42. The number of non-ortho nitro benzene ring substituents is 1. The Labute approximate surface area is 159 Å². The second kappa shape index (κ2) is 10.9. The van der Waals surface area contributed by atoms with Gasteiger partial charge in [-0.3, -0.25) is 15.1 Å². The Bertz CT molecular complexity index is 733. The molecular formula is C20H26N4O3. The molecule has 0 aromatic heterocycles. The van der Waals surface area contributed by atoms with Crippen LogP contribution in [0.15, 0.2) is 59.6 Å². The molecule has 0 heterocycles. The van der Waals surface area contributed by atoms with Crippen LogP contribution in [-0.4, -0.2) is 31.1 Å². The highest BCUT2D eigenvalue weighted by Crippen LogP contribution is 2.11. The lowest BCUT2D eigenvalue weighted by atomic mass is 10.2. The van der Waals surface area contributed by atoms with Gasteiger partial charge >= 0.3 is 0 Å². The number of nitro benzene ring substituents is 1. The van der Waals surface area contributed by atoms with Gasteiger partial charge in [-0.25, -0.2) is 0 Å². The molecule has 0 spiro atoms. The third-order valence-corrected chi connectivity index (χ3v) is 3.96. The number of nitro groups is 1. The summed E-state index contributed by atoms with van der Waals surface area (Å²) in [5, 5.41) is 17.1. The van der Waals surface area contributed by atoms with Crippen LogP contribution in [0.25, 0.3) is 0 Å². The number of nitrogens with zero attached hydrogens (tertiary/aromatic N) is 2. The van der Waals surface area contributed by atoms with Crippen molar-refractivity contribution in [1.82, 2.24) is 10.6 Å². The minimum absolute atomic E-state index is 0.0885. The Kier molecular flexibility index (Phi) is 8.25. The first-order chi connectivity index (χ1) is 13.1. The predicted molar refractivity (Wildman–Crippen MR) is 107 cm³/mol. The zero-order valence-electron chi connectivity index (χ0n) is 15.7. The molecule has 0 fully saturated rings. The molecule has 27 heavy (non-hydrogen) atoms. The number of nitrogens with one attached hydrogen (secondary N) is 2. The summed E-state index contributed by atoms with van der Waals surface area (Å²) in [6.45, 7) is 4.65. The van der Waals surface area contributed by atoms with E-state index >= 15 is 0 Å². The molecule has 0 saturated heterocycles. The van der Waals surface area contributed by atoms with Crippen LogP contribution in [0.2, 0.25) is 0 Å². The van der Waals surface area contributed by atoms with Crippen LogP contribution in [0.1, 0.15) is 18.1 Å². The van der Waals surface area contributed by atoms with Crippen LogP contribution in [0, 0.1) is 16.0 Å². The van der Waals surface area contributed by atoms with Crippen molar-refractivity contribution in [2.75, 3.05) is 20.2 Å². The molecular weight excluding hydrogens is 344 g/mol. The highest BCUT2D eigenvalue weighted by Gasteiger charge is 2.06. The van der Waals surface area contributed by atoms with Crippen molar-refractivity contribution in [3.05, 3.63) is 75.8 Å². The van der Waals surface area contributed by atoms with E-state index in [-0.39, 0.29) is 5.69 Å². The number of hydrogen-bond acceptors (Lipinski definition) is 4. The van der Waals surface area contributed by atoms with Crippen LogP contribution in [0.3, 0.4) is 0 Å². The monoisotopic (exact) mass is 370 g/mol. The van der Waals surface area contributed by atoms with E-state index in [0.717, 1.165) is 12.1 Å². The molecule has 0 saturated carbocycles. The van der Waals surface area contributed by atoms with Gasteiger partial charge in [-0.2, -0.15) is 0 Å². The maximum Gasteiger partial charge on any atom is 0.269 e. The zero-order chi connectivity index (χ0) is 19.5. The van der Waals surface area contributed by atoms with Crippen molar-refractivity contribution in [1.29, 1.82) is 0 Å². The summed E-state index contributed by atoms with van der Waals surface area (Å²) in [7, 11) is 1.71. The van der Waals surface area contributed by atoms with E-state index in [1.165, 1.54) is 17.7 Å². The van der Waals surface area contributed by atoms with Gasteiger partial charge in [-0.15, -0.1) is 0 Å². The van der Waals surface area contributed by atoms with Gasteiger partial charge in [0.15, 0.2) is 5.96 Å². The molecule has 2 N–H and O–H groups in total. The van der Waals surface area contributed by atoms with E-state index in [2.05, 4.69) is 22.5 Å². The molecule has 0 amide bonds. The van der Waals surface area contributed by atoms with Gasteiger partial charge in [0.1, 0.15) is 0 Å². The first-order valence-electron chi connectivity index (χ1n) is 8.88. The van der Waals surface area contributed by atoms with E-state index in [9.17, 15) is 10.1 Å². The van der Waals surface area contributed by atoms with Gasteiger partial charge in [0, 0.05) is 32.3 Å². The van der Waals surface area contributed by atoms with Crippen LogP contribution < -0.4 is 10.6 Å². The molecule has 0 aliphatic carbocycles. The van der Waals surface area contributed by atoms with Crippen molar-refractivity contribution in [3.63, 3.8) is 0 Å². The fourth-order valence-electron chi connectivity index (χ4n) is 2.42. The number of guanidine groups is 1. The van der Waals surface area contributed by atoms with Crippen molar-refractivity contribution >= 4 is 11.6 Å². The summed E-state index contributed by atoms with van der Waals surface area (Å²) in [6, 6.07) is 16.6. The van der Waals surface area contributed by atoms with E-state index in [4.69, 9.17) is 4.74 Å². The van der Waals surface area contributed by atoms with Crippen LogP contribution in [0.5, 0.6) is 0 Å². The largest absolute Gasteiger partial charge is 0.376 e. The molecule has 0 radical (unpaired) electrons. The molecule has 144 valence electrons. The van der Waals surface area contributed by atoms with Crippen molar-refractivity contribution < 1.29 is 9.66 Å². The van der Waals surface area contributed by atoms with E-state index in [1.807, 2.05) is 30.3 Å². The van der Waals surface area contributed by atoms with Gasteiger partial charge in [0.25, 0.3) is 5.69 Å². The predicted octanol–water partition coefficient (Wildman–Crippen LogP) is 3.11. The first kappa shape index (κ1) is 20.4. The third kappa shape index (κ3) is 7.45. The highest BCUT2D eigenvalue weighted by atomic mass is 16.6. The Morgan fingerprint density at radius 2 is 1.81 bits per heavy atom. The number of aliphatic imine (C=N–C) groups is 1. The van der Waals surface area contributed by atoms with Gasteiger partial charge in [0.05, 0.1) is 18.1 Å². The van der Waals surface area contributed by atoms with Crippen molar-refractivity contribution in [2.45, 2.75) is 20.1 Å². The van der Waals surface area contributed by atoms with E-state index in [1.54, 1.807) is 19.2 Å². The number of rotatable bonds is 9. The lowest BCUT2D eigenvalue weighted by Crippen LogP contribution is -2.39. The van der Waals surface area contributed by atoms with Crippen LogP contribution in [0.4, 0.5) is 5.69 Å². The lowest BCUT2D eigenvalue weighted by Gasteiger charge is -2.16. The quantitative estimate of drug-likeness (QED) is 0.306. The lowest BCUT2D eigenvalue weighted by molar-refractivity contribution is -0.384. The number of benzene rings is 2. The SMILES string of the molecule is CN=C(NCc1ccc([N+](=O)[O-])cc1)NCC(C)COCc1ccccc1. The second-order valence-corrected chi connectivity index (χ2v) is 6.34. The van der Waals surface area contributed by atoms with Crippen LogP contribution in [-0.2, 0) is 17.9 Å². The molecule has 2 aromatic carbocycles. The zero-order valence-corrected chi connectivity index (χ0v) is 15.7. The average molecular weight is 370 g/mol. The van der Waals surface area contributed by atoms with E-state index < -0.39 is 4.92 Å². The summed E-state index contributed by atoms with van der Waals surface area (Å²) in [6.07, 6.45) is 0. The molecule has 7 heteroatoms. The maximum absolute atomic E-state index is 10.7. The standard InChI is InChI=1S/C20H26N4O3/c1-16(14-27-15-18-6-4-3-5-7-18)12-22-20(21-2)23-13-17-8-10-19(11-9-17)24(25)26/h3-11,16H,12-15H2,1-2H3,(H2,21,22,23). The van der Waals surface area contributed by atoms with Crippen molar-refractivity contribution in [3.8, 4) is 0 Å². The smallest absolute Gasteiger partial charge is 0.269 e. The van der Waals surface area contributed by atoms with Gasteiger partial charge in [-0.05, 0) is 17.0 Å². The highest BCUT2D eigenvalue weighted by molar-refractivity contribution is 5.79. The second-order valence-electron chi connectivity index (χ2n) is 6.34. The van der Waals surface area contributed by atoms with Crippen LogP contribution >= 0.6 is 0 Å². The molecule has 2 aromatic rings. The van der Waals surface area contributed by atoms with Gasteiger partial charge in [-0.1, -0.05) is 49.4 Å². The number of ether oxygens (including phenoxy) is 1. The minimum Gasteiger partial charge on any atom is -0.376 e. The molecule has 0 aliphatic heterocycles. The topological polar surface area (TPSA) is 88.8 Å². The summed E-state index contributed by atoms with van der Waals surface area (Å²) in [5.41, 5.74) is 2.20. The Balaban J connectivity index is 1.67. The molecule has 0 bridgehead atoms. The fraction of sp³-hybridized carbons (Fsp3) is 0.350. The molecule has 2 rings (SSSR count). The molecule has 0 aliphatic rings. The molecule has 1 unspecified atom stereocenters. The third-order valence-electron chi connectivity index (χ3n) is 3.96. The Morgan fingerprint density at radius 1 is 1.11 bits per heavy atom. The van der Waals surface area contributed by atoms with Gasteiger partial charge < -0.3 is 15.4 Å². The summed E-state index contributed by atoms with van der Waals surface area (Å²) in [5.74, 6) is 1.01. The number of hydrogen-bond donors (Lipinski definition) is 2. The Hall–Kier alpha value is -2.93. The summed E-state index contributed by atoms with van der Waals surface area (Å²) in [4.78, 5) is 14.5. The summed E-state index contributed by atoms with van der Waals surface area (Å²) < 4.78 is 5.75. The van der Waals surface area contributed by atoms with Gasteiger partial charge in [0.2, 0.25) is 0 Å². The Morgan fingerprint density at radius 3 is 2.44 bits per heavy atom. The average Bonchev–Trinajstić information content (AvgIpc) is 2.69. The molecule has 1 atom stereocenters. The summed E-state index contributed by atoms with van der Waals surface area (Å²) >= 11 is 0. The maximum atomic E-state index is 10.7. The van der Waals surface area contributed by atoms with E-state index in [0.29, 0.717) is 31.6 Å². The van der Waals surface area contributed by atoms with Crippen molar-refractivity contribution in [2.24, 2.45) is 10.9 Å². The normalized spacial score (nSPS) is 12.4. The molecule has 7 nitrogen and oxygen atoms in total. The minimum atomic E-state index is -0.404. The first-order valence-corrected chi connectivity index (χ1v) is 8.88.